The zero-order chi connectivity index (χ0) is 20.8. The number of carbonyl (C=O) groups excluding carboxylic acids is 1. The second-order valence-corrected chi connectivity index (χ2v) is 8.21. The van der Waals surface area contributed by atoms with Gasteiger partial charge in [0.15, 0.2) is 0 Å². The van der Waals surface area contributed by atoms with Gasteiger partial charge in [0, 0.05) is 36.1 Å². The Hall–Kier alpha value is -3.05. The Morgan fingerprint density at radius 2 is 1.97 bits per heavy atom. The van der Waals surface area contributed by atoms with Crippen LogP contribution >= 0.6 is 11.6 Å². The van der Waals surface area contributed by atoms with Crippen molar-refractivity contribution in [1.29, 1.82) is 0 Å². The van der Waals surface area contributed by atoms with E-state index in [9.17, 15) is 9.18 Å². The van der Waals surface area contributed by atoms with E-state index in [-0.39, 0.29) is 10.9 Å². The Morgan fingerprint density at radius 1 is 1.10 bits per heavy atom. The number of rotatable bonds is 3. The predicted octanol–water partition coefficient (Wildman–Crippen LogP) is 4.62. The van der Waals surface area contributed by atoms with Crippen LogP contribution in [0.2, 0.25) is 5.02 Å². The number of amides is 1. The lowest BCUT2D eigenvalue weighted by Crippen LogP contribution is -2.35. The first-order valence-electron chi connectivity index (χ1n) is 9.82. The fraction of sp³-hybridized carbons (Fsp3) is 0.208. The number of benzene rings is 2. The fourth-order valence-electron chi connectivity index (χ4n) is 4.16. The van der Waals surface area contributed by atoms with Crippen LogP contribution in [-0.2, 0) is 30.8 Å². The molecule has 0 fully saturated rings. The Balaban J connectivity index is 1.45. The van der Waals surface area contributed by atoms with Crippen molar-refractivity contribution in [3.05, 3.63) is 98.6 Å². The molecule has 0 bridgehead atoms. The van der Waals surface area contributed by atoms with Crippen molar-refractivity contribution in [2.45, 2.75) is 33.0 Å². The molecular weight excluding hydrogens is 401 g/mol. The minimum atomic E-state index is -0.454. The predicted molar refractivity (Wildman–Crippen MR) is 114 cm³/mol. The largest absolute Gasteiger partial charge is 0.334 e. The fourth-order valence-corrected chi connectivity index (χ4v) is 4.37. The number of aliphatic imine (C=N–C) groups is 1. The summed E-state index contributed by atoms with van der Waals surface area (Å²) in [5.74, 6) is -0.392. The molecule has 5 rings (SSSR count). The summed E-state index contributed by atoms with van der Waals surface area (Å²) in [6, 6.07) is 12.9. The van der Waals surface area contributed by atoms with Crippen molar-refractivity contribution in [3.63, 3.8) is 0 Å². The number of pyridine rings is 1. The maximum Gasteiger partial charge on any atom is 0.227 e. The summed E-state index contributed by atoms with van der Waals surface area (Å²) in [5.41, 5.74) is 8.28. The van der Waals surface area contributed by atoms with Crippen molar-refractivity contribution in [2.24, 2.45) is 4.99 Å². The molecule has 0 atom stereocenters. The van der Waals surface area contributed by atoms with Gasteiger partial charge >= 0.3 is 0 Å². The molecule has 0 saturated carbocycles. The van der Waals surface area contributed by atoms with Gasteiger partial charge in [0.25, 0.3) is 0 Å². The molecular formula is C24H19ClFN3O. The molecule has 1 aromatic heterocycles. The van der Waals surface area contributed by atoms with Crippen molar-refractivity contribution >= 4 is 23.2 Å². The molecule has 6 heteroatoms. The third-order valence-corrected chi connectivity index (χ3v) is 5.96. The van der Waals surface area contributed by atoms with Crippen LogP contribution in [0.4, 0.5) is 4.39 Å². The SMILES string of the molecule is Cc1cc(C2=NCc3cc4c(cc32)CN(Cc2ccc(F)c(Cl)c2)C(=O)C4)ccn1. The zero-order valence-corrected chi connectivity index (χ0v) is 17.2. The molecule has 2 aliphatic heterocycles. The van der Waals surface area contributed by atoms with Crippen molar-refractivity contribution in [3.8, 4) is 0 Å². The first-order valence-corrected chi connectivity index (χ1v) is 10.2. The highest BCUT2D eigenvalue weighted by Gasteiger charge is 2.27. The van der Waals surface area contributed by atoms with Crippen LogP contribution < -0.4 is 0 Å². The molecule has 0 spiro atoms. The van der Waals surface area contributed by atoms with Crippen LogP contribution in [0.3, 0.4) is 0 Å². The average molecular weight is 420 g/mol. The van der Waals surface area contributed by atoms with Gasteiger partial charge in [0.2, 0.25) is 5.91 Å². The maximum absolute atomic E-state index is 13.5. The zero-order valence-electron chi connectivity index (χ0n) is 16.5. The minimum absolute atomic E-state index is 0.0618. The van der Waals surface area contributed by atoms with Gasteiger partial charge in [-0.05, 0) is 59.5 Å². The van der Waals surface area contributed by atoms with Gasteiger partial charge in [-0.15, -0.1) is 0 Å². The number of carbonyl (C=O) groups is 1. The first-order chi connectivity index (χ1) is 14.5. The Morgan fingerprint density at radius 3 is 2.77 bits per heavy atom. The second-order valence-electron chi connectivity index (χ2n) is 7.80. The van der Waals surface area contributed by atoms with Crippen LogP contribution in [0, 0.1) is 12.7 Å². The third-order valence-electron chi connectivity index (χ3n) is 5.67. The van der Waals surface area contributed by atoms with Gasteiger partial charge in [-0.1, -0.05) is 23.7 Å². The summed E-state index contributed by atoms with van der Waals surface area (Å²) in [4.78, 5) is 23.5. The number of aryl methyl sites for hydroxylation is 1. The molecule has 3 aromatic rings. The van der Waals surface area contributed by atoms with Gasteiger partial charge in [-0.2, -0.15) is 0 Å². The van der Waals surface area contributed by atoms with E-state index in [1.807, 2.05) is 19.1 Å². The number of halogens is 2. The number of nitrogens with zero attached hydrogens (tertiary/aromatic N) is 3. The van der Waals surface area contributed by atoms with Crippen molar-refractivity contribution in [2.75, 3.05) is 0 Å². The summed E-state index contributed by atoms with van der Waals surface area (Å²) < 4.78 is 13.5. The summed E-state index contributed by atoms with van der Waals surface area (Å²) in [6.45, 7) is 3.52. The van der Waals surface area contributed by atoms with Gasteiger partial charge in [-0.25, -0.2) is 4.39 Å². The molecule has 0 aliphatic carbocycles. The lowest BCUT2D eigenvalue weighted by Gasteiger charge is -2.29. The number of aromatic nitrogens is 1. The van der Waals surface area contributed by atoms with Crippen LogP contribution in [0.5, 0.6) is 0 Å². The molecule has 2 aliphatic rings. The summed E-state index contributed by atoms with van der Waals surface area (Å²) >= 11 is 5.90. The van der Waals surface area contributed by atoms with Gasteiger partial charge in [-0.3, -0.25) is 14.8 Å². The number of hydrogen-bond acceptors (Lipinski definition) is 3. The van der Waals surface area contributed by atoms with Crippen molar-refractivity contribution in [1.82, 2.24) is 9.88 Å². The first kappa shape index (κ1) is 18.9. The number of fused-ring (bicyclic) bond motifs is 2. The van der Waals surface area contributed by atoms with E-state index in [0.29, 0.717) is 26.1 Å². The Bertz CT molecular complexity index is 1220. The highest BCUT2D eigenvalue weighted by Crippen LogP contribution is 2.30. The van der Waals surface area contributed by atoms with E-state index in [2.05, 4.69) is 17.1 Å². The van der Waals surface area contributed by atoms with E-state index in [1.165, 1.54) is 6.07 Å². The second kappa shape index (κ2) is 7.33. The molecule has 1 amide bonds. The molecule has 150 valence electrons. The van der Waals surface area contributed by atoms with Gasteiger partial charge in [0.1, 0.15) is 5.82 Å². The smallest absolute Gasteiger partial charge is 0.227 e. The third kappa shape index (κ3) is 3.39. The molecule has 0 saturated heterocycles. The average Bonchev–Trinajstić information content (AvgIpc) is 3.12. The lowest BCUT2D eigenvalue weighted by molar-refractivity contribution is -0.132. The molecule has 0 unspecified atom stereocenters. The van der Waals surface area contributed by atoms with Gasteiger partial charge in [0.05, 0.1) is 23.7 Å². The summed E-state index contributed by atoms with van der Waals surface area (Å²) in [7, 11) is 0. The topological polar surface area (TPSA) is 45.6 Å². The van der Waals surface area contributed by atoms with E-state index in [0.717, 1.165) is 44.8 Å². The monoisotopic (exact) mass is 419 g/mol. The summed E-state index contributed by atoms with van der Waals surface area (Å²) in [6.07, 6.45) is 2.17. The molecule has 3 heterocycles. The molecule has 2 aromatic carbocycles. The van der Waals surface area contributed by atoms with E-state index in [4.69, 9.17) is 16.6 Å². The van der Waals surface area contributed by atoms with Crippen LogP contribution in [-0.4, -0.2) is 21.5 Å². The van der Waals surface area contributed by atoms with Crippen molar-refractivity contribution < 1.29 is 9.18 Å². The van der Waals surface area contributed by atoms with Crippen LogP contribution in [0.1, 0.15) is 39.1 Å². The van der Waals surface area contributed by atoms with Crippen LogP contribution in [0.25, 0.3) is 0 Å². The molecule has 0 radical (unpaired) electrons. The quantitative estimate of drug-likeness (QED) is 0.622. The maximum atomic E-state index is 13.5. The highest BCUT2D eigenvalue weighted by atomic mass is 35.5. The Labute approximate surface area is 179 Å². The summed E-state index contributed by atoms with van der Waals surface area (Å²) in [5, 5.41) is 0.0728. The van der Waals surface area contributed by atoms with E-state index < -0.39 is 5.82 Å². The Kier molecular flexibility index (Phi) is 4.63. The van der Waals surface area contributed by atoms with Crippen LogP contribution in [0.15, 0.2) is 53.7 Å². The lowest BCUT2D eigenvalue weighted by atomic mass is 9.91. The molecule has 0 N–H and O–H groups in total. The normalized spacial score (nSPS) is 15.1. The molecule has 30 heavy (non-hydrogen) atoms. The highest BCUT2D eigenvalue weighted by molar-refractivity contribution is 6.30. The molecule has 4 nitrogen and oxygen atoms in total. The number of hydrogen-bond donors (Lipinski definition) is 0. The van der Waals surface area contributed by atoms with E-state index >= 15 is 0 Å². The van der Waals surface area contributed by atoms with Gasteiger partial charge < -0.3 is 4.90 Å². The minimum Gasteiger partial charge on any atom is -0.334 e. The van der Waals surface area contributed by atoms with E-state index in [1.54, 1.807) is 23.2 Å². The standard InChI is InChI=1S/C24H19ClFN3O/c1-14-6-16(4-5-27-14)24-20-9-19-13-29(12-15-2-3-22(26)21(25)7-15)23(30)10-17(19)8-18(20)11-28-24/h2-9H,10-13H2,1H3.